The van der Waals surface area contributed by atoms with Crippen LogP contribution in [0.3, 0.4) is 0 Å². The fourth-order valence-electron chi connectivity index (χ4n) is 2.37. The van der Waals surface area contributed by atoms with Gasteiger partial charge in [0.2, 0.25) is 0 Å². The molecule has 0 saturated heterocycles. The first-order valence-electron chi connectivity index (χ1n) is 6.19. The number of rotatable bonds is 2. The molecule has 0 radical (unpaired) electrons. The second kappa shape index (κ2) is 5.10. The van der Waals surface area contributed by atoms with E-state index in [0.29, 0.717) is 0 Å². The summed E-state index contributed by atoms with van der Waals surface area (Å²) >= 11 is 0. The molecule has 1 nitrogen and oxygen atoms in total. The Labute approximate surface area is 112 Å². The molecule has 0 spiro atoms. The summed E-state index contributed by atoms with van der Waals surface area (Å²) in [6, 6.07) is 7.50. The summed E-state index contributed by atoms with van der Waals surface area (Å²) in [5.41, 5.74) is 9.42. The molecular weight excluding hydrogens is 244 g/mol. The molecule has 0 saturated carbocycles. The molecule has 0 amide bonds. The maximum atomic E-state index is 14.0. The van der Waals surface area contributed by atoms with Crippen molar-refractivity contribution in [1.82, 2.24) is 0 Å². The standard InChI is InChI=1S/C16H17F2N/c1-9-5-4-6-10(2)15(9)16(19)12-8-13(17)11(3)7-14(12)18/h4-8,16H,19H2,1-3H3. The Balaban J connectivity index is 2.56. The number of hydrogen-bond acceptors (Lipinski definition) is 1. The predicted molar refractivity (Wildman–Crippen MR) is 73.0 cm³/mol. The first-order chi connectivity index (χ1) is 8.91. The van der Waals surface area contributed by atoms with Gasteiger partial charge in [0, 0.05) is 5.56 Å². The summed E-state index contributed by atoms with van der Waals surface area (Å²) in [5.74, 6) is -0.896. The Kier molecular flexibility index (Phi) is 3.67. The van der Waals surface area contributed by atoms with Crippen molar-refractivity contribution in [2.45, 2.75) is 26.8 Å². The van der Waals surface area contributed by atoms with Crippen LogP contribution in [0.25, 0.3) is 0 Å². The van der Waals surface area contributed by atoms with Crippen LogP contribution in [0.1, 0.15) is 33.9 Å². The molecular formula is C16H17F2N. The van der Waals surface area contributed by atoms with Gasteiger partial charge in [-0.05, 0) is 55.2 Å². The summed E-state index contributed by atoms with van der Waals surface area (Å²) in [6.07, 6.45) is 0. The van der Waals surface area contributed by atoms with Gasteiger partial charge in [0.15, 0.2) is 0 Å². The molecule has 0 aliphatic heterocycles. The van der Waals surface area contributed by atoms with Crippen molar-refractivity contribution >= 4 is 0 Å². The molecule has 0 aliphatic carbocycles. The van der Waals surface area contributed by atoms with Gasteiger partial charge in [0.1, 0.15) is 11.6 Å². The Hall–Kier alpha value is -1.74. The lowest BCUT2D eigenvalue weighted by Gasteiger charge is -2.19. The number of hydrogen-bond donors (Lipinski definition) is 1. The van der Waals surface area contributed by atoms with Crippen molar-refractivity contribution in [3.8, 4) is 0 Å². The van der Waals surface area contributed by atoms with Gasteiger partial charge in [-0.25, -0.2) is 8.78 Å². The zero-order chi connectivity index (χ0) is 14.2. The quantitative estimate of drug-likeness (QED) is 0.870. The van der Waals surface area contributed by atoms with Gasteiger partial charge in [-0.3, -0.25) is 0 Å². The highest BCUT2D eigenvalue weighted by Gasteiger charge is 2.19. The van der Waals surface area contributed by atoms with Crippen LogP contribution in [0.4, 0.5) is 8.78 Å². The number of halogens is 2. The largest absolute Gasteiger partial charge is 0.320 e. The monoisotopic (exact) mass is 261 g/mol. The van der Waals surface area contributed by atoms with Crippen molar-refractivity contribution in [3.63, 3.8) is 0 Å². The van der Waals surface area contributed by atoms with Crippen LogP contribution >= 0.6 is 0 Å². The minimum Gasteiger partial charge on any atom is -0.320 e. The van der Waals surface area contributed by atoms with Gasteiger partial charge in [0.05, 0.1) is 6.04 Å². The molecule has 100 valence electrons. The third kappa shape index (κ3) is 2.51. The van der Waals surface area contributed by atoms with Crippen LogP contribution in [0.5, 0.6) is 0 Å². The van der Waals surface area contributed by atoms with Gasteiger partial charge in [-0.15, -0.1) is 0 Å². The highest BCUT2D eigenvalue weighted by atomic mass is 19.1. The summed E-state index contributed by atoms with van der Waals surface area (Å²) in [5, 5.41) is 0. The lowest BCUT2D eigenvalue weighted by atomic mass is 9.91. The summed E-state index contributed by atoms with van der Waals surface area (Å²) < 4.78 is 27.6. The van der Waals surface area contributed by atoms with E-state index < -0.39 is 17.7 Å². The molecule has 0 aliphatic rings. The normalized spacial score (nSPS) is 12.5. The minimum atomic E-state index is -0.656. The minimum absolute atomic E-state index is 0.195. The number of nitrogens with two attached hydrogens (primary N) is 1. The van der Waals surface area contributed by atoms with Gasteiger partial charge in [-0.2, -0.15) is 0 Å². The number of aryl methyl sites for hydroxylation is 3. The van der Waals surface area contributed by atoms with Crippen molar-refractivity contribution in [1.29, 1.82) is 0 Å². The van der Waals surface area contributed by atoms with Gasteiger partial charge in [-0.1, -0.05) is 18.2 Å². The lowest BCUT2D eigenvalue weighted by molar-refractivity contribution is 0.570. The van der Waals surface area contributed by atoms with Crippen LogP contribution in [0, 0.1) is 32.4 Å². The average Bonchev–Trinajstić information content (AvgIpc) is 2.33. The van der Waals surface area contributed by atoms with Gasteiger partial charge < -0.3 is 5.73 Å². The first kappa shape index (κ1) is 13.7. The third-order valence-corrected chi connectivity index (χ3v) is 3.47. The van der Waals surface area contributed by atoms with E-state index in [1.165, 1.54) is 19.1 Å². The predicted octanol–water partition coefficient (Wildman–Crippen LogP) is 3.94. The van der Waals surface area contributed by atoms with E-state index in [2.05, 4.69) is 0 Å². The van der Waals surface area contributed by atoms with E-state index in [9.17, 15) is 8.78 Å². The van der Waals surface area contributed by atoms with E-state index in [1.54, 1.807) is 0 Å². The van der Waals surface area contributed by atoms with Crippen LogP contribution in [-0.4, -0.2) is 0 Å². The zero-order valence-corrected chi connectivity index (χ0v) is 11.3. The Bertz CT molecular complexity index is 600. The molecule has 19 heavy (non-hydrogen) atoms. The summed E-state index contributed by atoms with van der Waals surface area (Å²) in [6.45, 7) is 5.38. The molecule has 0 fully saturated rings. The molecule has 1 unspecified atom stereocenters. The molecule has 0 bridgehead atoms. The lowest BCUT2D eigenvalue weighted by Crippen LogP contribution is -2.17. The van der Waals surface area contributed by atoms with E-state index in [1.807, 2.05) is 32.0 Å². The highest BCUT2D eigenvalue weighted by Crippen LogP contribution is 2.28. The molecule has 1 atom stereocenters. The first-order valence-corrected chi connectivity index (χ1v) is 6.19. The maximum Gasteiger partial charge on any atom is 0.128 e. The summed E-state index contributed by atoms with van der Waals surface area (Å²) in [7, 11) is 0. The van der Waals surface area contributed by atoms with Crippen LogP contribution in [-0.2, 0) is 0 Å². The van der Waals surface area contributed by atoms with Crippen molar-refractivity contribution in [2.75, 3.05) is 0 Å². The van der Waals surface area contributed by atoms with E-state index in [4.69, 9.17) is 5.73 Å². The van der Waals surface area contributed by atoms with E-state index in [-0.39, 0.29) is 11.1 Å². The van der Waals surface area contributed by atoms with Crippen molar-refractivity contribution < 1.29 is 8.78 Å². The van der Waals surface area contributed by atoms with Crippen molar-refractivity contribution in [3.05, 3.63) is 69.8 Å². The Morgan fingerprint density at radius 3 is 2.05 bits per heavy atom. The second-order valence-corrected chi connectivity index (χ2v) is 4.91. The topological polar surface area (TPSA) is 26.0 Å². The summed E-state index contributed by atoms with van der Waals surface area (Å²) in [4.78, 5) is 0. The zero-order valence-electron chi connectivity index (χ0n) is 11.3. The molecule has 2 rings (SSSR count). The van der Waals surface area contributed by atoms with E-state index in [0.717, 1.165) is 16.7 Å². The van der Waals surface area contributed by atoms with E-state index >= 15 is 0 Å². The highest BCUT2D eigenvalue weighted by molar-refractivity contribution is 5.42. The number of benzene rings is 2. The second-order valence-electron chi connectivity index (χ2n) is 4.91. The van der Waals surface area contributed by atoms with Crippen LogP contribution in [0.15, 0.2) is 30.3 Å². The molecule has 2 N–H and O–H groups in total. The molecule has 2 aromatic carbocycles. The molecule has 0 heterocycles. The fourth-order valence-corrected chi connectivity index (χ4v) is 2.37. The fraction of sp³-hybridized carbons (Fsp3) is 0.250. The Morgan fingerprint density at radius 2 is 1.47 bits per heavy atom. The molecule has 0 aromatic heterocycles. The third-order valence-electron chi connectivity index (χ3n) is 3.47. The smallest absolute Gasteiger partial charge is 0.128 e. The van der Waals surface area contributed by atoms with Crippen molar-refractivity contribution in [2.24, 2.45) is 5.73 Å². The van der Waals surface area contributed by atoms with Gasteiger partial charge >= 0.3 is 0 Å². The molecule has 2 aromatic rings. The van der Waals surface area contributed by atoms with Gasteiger partial charge in [0.25, 0.3) is 0 Å². The average molecular weight is 261 g/mol. The SMILES string of the molecule is Cc1cc(F)c(C(N)c2c(C)cccc2C)cc1F. The maximum absolute atomic E-state index is 14.0. The Morgan fingerprint density at radius 1 is 0.895 bits per heavy atom. The van der Waals surface area contributed by atoms with Crippen LogP contribution < -0.4 is 5.73 Å². The van der Waals surface area contributed by atoms with Crippen LogP contribution in [0.2, 0.25) is 0 Å². The molecule has 3 heteroatoms.